The van der Waals surface area contributed by atoms with Crippen molar-refractivity contribution in [2.45, 2.75) is 47.0 Å². The molecule has 0 bridgehead atoms. The van der Waals surface area contributed by atoms with Crippen LogP contribution in [-0.2, 0) is 0 Å². The summed E-state index contributed by atoms with van der Waals surface area (Å²) in [7, 11) is 0. The summed E-state index contributed by atoms with van der Waals surface area (Å²) in [6.45, 7) is 8.37. The Bertz CT molecular complexity index is 940. The first-order valence-electron chi connectivity index (χ1n) is 9.02. The minimum atomic E-state index is 0.151. The van der Waals surface area contributed by atoms with Crippen molar-refractivity contribution in [3.05, 3.63) is 65.0 Å². The van der Waals surface area contributed by atoms with Gasteiger partial charge in [-0.2, -0.15) is 0 Å². The van der Waals surface area contributed by atoms with E-state index in [4.69, 9.17) is 0 Å². The minimum Gasteiger partial charge on any atom is -0.292 e. The minimum absolute atomic E-state index is 0.151. The van der Waals surface area contributed by atoms with Crippen molar-refractivity contribution in [3.8, 4) is 11.1 Å². The van der Waals surface area contributed by atoms with Gasteiger partial charge in [-0.1, -0.05) is 55.3 Å². The molecule has 0 spiro atoms. The number of carbonyl (C=O) groups excluding carboxylic acids is 1. The molecule has 2 heteroatoms. The number of ketones is 1. The molecule has 0 radical (unpaired) electrons. The summed E-state index contributed by atoms with van der Waals surface area (Å²) in [6, 6.07) is 12.8. The van der Waals surface area contributed by atoms with E-state index in [1.807, 2.05) is 13.1 Å². The normalized spacial score (nSPS) is 11.0. The average Bonchev–Trinajstić information content (AvgIpc) is 2.62. The highest BCUT2D eigenvalue weighted by atomic mass is 16.1. The molecule has 2 aromatic carbocycles. The first kappa shape index (κ1) is 17.3. The number of benzene rings is 2. The van der Waals surface area contributed by atoms with E-state index in [0.29, 0.717) is 12.1 Å². The Kier molecular flexibility index (Phi) is 4.98. The fourth-order valence-corrected chi connectivity index (χ4v) is 3.38. The van der Waals surface area contributed by atoms with Gasteiger partial charge in [-0.3, -0.25) is 9.78 Å². The topological polar surface area (TPSA) is 30.0 Å². The third-order valence-electron chi connectivity index (χ3n) is 4.89. The third kappa shape index (κ3) is 3.34. The Hall–Kier alpha value is -2.48. The lowest BCUT2D eigenvalue weighted by Gasteiger charge is -2.13. The Morgan fingerprint density at radius 2 is 1.80 bits per heavy atom. The summed E-state index contributed by atoms with van der Waals surface area (Å²) in [4.78, 5) is 17.0. The molecule has 3 aromatic rings. The molecule has 0 amide bonds. The van der Waals surface area contributed by atoms with Gasteiger partial charge in [-0.05, 0) is 54.8 Å². The fraction of sp³-hybridized carbons (Fsp3) is 0.304. The number of hydrogen-bond acceptors (Lipinski definition) is 2. The number of carbonyl (C=O) groups is 1. The molecular weight excluding hydrogens is 306 g/mol. The van der Waals surface area contributed by atoms with E-state index in [0.717, 1.165) is 29.2 Å². The van der Waals surface area contributed by atoms with Gasteiger partial charge in [0.1, 0.15) is 5.69 Å². The quantitative estimate of drug-likeness (QED) is 0.521. The van der Waals surface area contributed by atoms with Crippen molar-refractivity contribution in [1.82, 2.24) is 4.98 Å². The van der Waals surface area contributed by atoms with Crippen LogP contribution in [0.2, 0.25) is 0 Å². The van der Waals surface area contributed by atoms with E-state index < -0.39 is 0 Å². The first-order chi connectivity index (χ1) is 12.0. The van der Waals surface area contributed by atoms with Crippen LogP contribution in [0.4, 0.5) is 0 Å². The average molecular weight is 331 g/mol. The van der Waals surface area contributed by atoms with E-state index in [9.17, 15) is 4.79 Å². The molecule has 0 aliphatic carbocycles. The number of nitrogens with zero attached hydrogens (tertiary/aromatic N) is 1. The maximum Gasteiger partial charge on any atom is 0.181 e. The Morgan fingerprint density at radius 1 is 1.00 bits per heavy atom. The van der Waals surface area contributed by atoms with Crippen molar-refractivity contribution in [3.63, 3.8) is 0 Å². The molecule has 128 valence electrons. The van der Waals surface area contributed by atoms with Gasteiger partial charge in [0, 0.05) is 18.0 Å². The fourth-order valence-electron chi connectivity index (χ4n) is 3.38. The number of aromatic nitrogens is 1. The molecule has 2 nitrogen and oxygen atoms in total. The summed E-state index contributed by atoms with van der Waals surface area (Å²) in [5.74, 6) is 0.151. The van der Waals surface area contributed by atoms with Gasteiger partial charge in [-0.25, -0.2) is 0 Å². The monoisotopic (exact) mass is 331 g/mol. The van der Waals surface area contributed by atoms with Crippen molar-refractivity contribution < 1.29 is 4.79 Å². The second-order valence-electron chi connectivity index (χ2n) is 6.84. The lowest BCUT2D eigenvalue weighted by Crippen LogP contribution is -2.05. The summed E-state index contributed by atoms with van der Waals surface area (Å²) in [6.07, 6.45) is 4.39. The number of aryl methyl sites for hydroxylation is 3. The maximum atomic E-state index is 12.5. The highest BCUT2D eigenvalue weighted by molar-refractivity contribution is 6.04. The standard InChI is InChI=1S/C23H25NO/c1-5-6-10-22(25)23-17(4)18-8-7-9-19(21(18)14-24-23)20-13-15(2)11-12-16(20)3/h7-9,11-14H,5-6,10H2,1-4H3. The SMILES string of the molecule is CCCCC(=O)c1ncc2c(-c3cc(C)ccc3C)cccc2c1C. The van der Waals surface area contributed by atoms with Gasteiger partial charge < -0.3 is 0 Å². The van der Waals surface area contributed by atoms with E-state index in [1.165, 1.54) is 22.3 Å². The first-order valence-corrected chi connectivity index (χ1v) is 9.02. The predicted octanol–water partition coefficient (Wildman–Crippen LogP) is 6.20. The van der Waals surface area contributed by atoms with Crippen molar-refractivity contribution in [2.24, 2.45) is 0 Å². The number of unbranched alkanes of at least 4 members (excludes halogenated alkanes) is 1. The van der Waals surface area contributed by atoms with Crippen LogP contribution < -0.4 is 0 Å². The number of pyridine rings is 1. The predicted molar refractivity (Wildman–Crippen MR) is 105 cm³/mol. The summed E-state index contributed by atoms with van der Waals surface area (Å²) in [5, 5.41) is 2.23. The van der Waals surface area contributed by atoms with Crippen LogP contribution in [0.1, 0.15) is 53.4 Å². The lowest BCUT2D eigenvalue weighted by atomic mass is 9.92. The van der Waals surface area contributed by atoms with Gasteiger partial charge in [0.2, 0.25) is 0 Å². The molecule has 1 heterocycles. The molecule has 0 aliphatic rings. The summed E-state index contributed by atoms with van der Waals surface area (Å²) < 4.78 is 0. The molecule has 3 rings (SSSR count). The van der Waals surface area contributed by atoms with E-state index in [-0.39, 0.29) is 5.78 Å². The Morgan fingerprint density at radius 3 is 2.56 bits per heavy atom. The van der Waals surface area contributed by atoms with Gasteiger partial charge in [0.05, 0.1) is 0 Å². The van der Waals surface area contributed by atoms with Crippen LogP contribution in [0.15, 0.2) is 42.6 Å². The molecule has 0 saturated heterocycles. The molecule has 0 unspecified atom stereocenters. The van der Waals surface area contributed by atoms with E-state index in [1.54, 1.807) is 0 Å². The Labute approximate surface area is 149 Å². The van der Waals surface area contributed by atoms with Crippen molar-refractivity contribution in [2.75, 3.05) is 0 Å². The third-order valence-corrected chi connectivity index (χ3v) is 4.89. The smallest absolute Gasteiger partial charge is 0.181 e. The van der Waals surface area contributed by atoms with Crippen LogP contribution in [0.5, 0.6) is 0 Å². The number of hydrogen-bond donors (Lipinski definition) is 0. The number of rotatable bonds is 5. The summed E-state index contributed by atoms with van der Waals surface area (Å²) >= 11 is 0. The molecule has 0 saturated carbocycles. The van der Waals surface area contributed by atoms with Gasteiger partial charge >= 0.3 is 0 Å². The number of Topliss-reactive ketones (excluding diaryl/α,β-unsaturated/α-hetero) is 1. The second-order valence-corrected chi connectivity index (χ2v) is 6.84. The molecular formula is C23H25NO. The zero-order valence-corrected chi connectivity index (χ0v) is 15.5. The van der Waals surface area contributed by atoms with Crippen molar-refractivity contribution in [1.29, 1.82) is 0 Å². The number of fused-ring (bicyclic) bond motifs is 1. The molecule has 0 atom stereocenters. The Balaban J connectivity index is 2.16. The summed E-state index contributed by atoms with van der Waals surface area (Å²) in [5.41, 5.74) is 6.52. The van der Waals surface area contributed by atoms with Crippen molar-refractivity contribution >= 4 is 16.6 Å². The zero-order valence-electron chi connectivity index (χ0n) is 15.5. The highest BCUT2D eigenvalue weighted by Crippen LogP contribution is 2.33. The molecule has 25 heavy (non-hydrogen) atoms. The lowest BCUT2D eigenvalue weighted by molar-refractivity contribution is 0.0974. The molecule has 0 fully saturated rings. The van der Waals surface area contributed by atoms with Gasteiger partial charge in [-0.15, -0.1) is 0 Å². The molecule has 0 N–H and O–H groups in total. The largest absolute Gasteiger partial charge is 0.292 e. The van der Waals surface area contributed by atoms with E-state index >= 15 is 0 Å². The van der Waals surface area contributed by atoms with Crippen LogP contribution in [0.25, 0.3) is 21.9 Å². The van der Waals surface area contributed by atoms with E-state index in [2.05, 4.69) is 62.2 Å². The van der Waals surface area contributed by atoms with Crippen LogP contribution in [0, 0.1) is 20.8 Å². The van der Waals surface area contributed by atoms with Crippen LogP contribution >= 0.6 is 0 Å². The van der Waals surface area contributed by atoms with Gasteiger partial charge in [0.15, 0.2) is 5.78 Å². The molecule has 1 aromatic heterocycles. The van der Waals surface area contributed by atoms with Crippen LogP contribution in [0.3, 0.4) is 0 Å². The maximum absolute atomic E-state index is 12.5. The molecule has 0 aliphatic heterocycles. The zero-order chi connectivity index (χ0) is 18.0. The second kappa shape index (κ2) is 7.18. The highest BCUT2D eigenvalue weighted by Gasteiger charge is 2.15. The van der Waals surface area contributed by atoms with Gasteiger partial charge in [0.25, 0.3) is 0 Å². The van der Waals surface area contributed by atoms with Crippen LogP contribution in [-0.4, -0.2) is 10.8 Å².